The summed E-state index contributed by atoms with van der Waals surface area (Å²) in [4.78, 5) is 24.0. The van der Waals surface area contributed by atoms with E-state index in [1.54, 1.807) is 24.3 Å². The number of hydrogen-bond donors (Lipinski definition) is 0. The quantitative estimate of drug-likeness (QED) is 0.717. The largest absolute Gasteiger partial charge is 0.289 e. The van der Waals surface area contributed by atoms with Crippen molar-refractivity contribution in [1.82, 2.24) is 0 Å². The molecule has 1 fully saturated rings. The maximum Gasteiger partial charge on any atom is 0.190 e. The van der Waals surface area contributed by atoms with Gasteiger partial charge in [0.1, 0.15) is 0 Å². The van der Waals surface area contributed by atoms with Crippen molar-refractivity contribution in [1.29, 1.82) is 0 Å². The van der Waals surface area contributed by atoms with Crippen LogP contribution in [0.25, 0.3) is 0 Å². The Kier molecular flexibility index (Phi) is 2.03. The Balaban J connectivity index is 2.08. The molecule has 0 saturated heterocycles. The van der Waals surface area contributed by atoms with Gasteiger partial charge in [-0.3, -0.25) is 9.59 Å². The Morgan fingerprint density at radius 1 is 1.00 bits per heavy atom. The van der Waals surface area contributed by atoms with Crippen LogP contribution in [0, 0.1) is 5.92 Å². The topological polar surface area (TPSA) is 34.1 Å². The molecule has 16 heavy (non-hydrogen) atoms. The number of hydrogen-bond acceptors (Lipinski definition) is 2. The summed E-state index contributed by atoms with van der Waals surface area (Å²) in [6.45, 7) is 0. The van der Waals surface area contributed by atoms with E-state index >= 15 is 0 Å². The molecule has 0 N–H and O–H groups in total. The molecular formula is C14H12O2. The molecule has 0 atom stereocenters. The van der Waals surface area contributed by atoms with Crippen molar-refractivity contribution in [2.24, 2.45) is 5.92 Å². The molecule has 0 unspecified atom stereocenters. The molecule has 0 heterocycles. The minimum atomic E-state index is -0.0166. The lowest BCUT2D eigenvalue weighted by Crippen LogP contribution is -2.25. The Hall–Kier alpha value is -1.70. The first kappa shape index (κ1) is 9.52. The fourth-order valence-electron chi connectivity index (χ4n) is 2.36. The van der Waals surface area contributed by atoms with Crippen molar-refractivity contribution in [2.45, 2.75) is 19.3 Å². The fourth-order valence-corrected chi connectivity index (χ4v) is 2.36. The van der Waals surface area contributed by atoms with Gasteiger partial charge in [0.2, 0.25) is 0 Å². The third kappa shape index (κ3) is 1.26. The van der Waals surface area contributed by atoms with Crippen LogP contribution in [0.15, 0.2) is 35.9 Å². The van der Waals surface area contributed by atoms with E-state index in [4.69, 9.17) is 0 Å². The molecule has 0 aromatic heterocycles. The lowest BCUT2D eigenvalue weighted by Gasteiger charge is -2.29. The highest BCUT2D eigenvalue weighted by Crippen LogP contribution is 2.37. The van der Waals surface area contributed by atoms with Gasteiger partial charge in [-0.1, -0.05) is 30.7 Å². The standard InChI is InChI=1S/C14H12O2/c15-13-8-12(9-4-3-5-9)14(16)11-7-2-1-6-10(11)13/h1-2,6-9H,3-5H2. The Morgan fingerprint density at radius 2 is 1.69 bits per heavy atom. The van der Waals surface area contributed by atoms with Crippen molar-refractivity contribution in [3.05, 3.63) is 47.0 Å². The van der Waals surface area contributed by atoms with Crippen molar-refractivity contribution in [2.75, 3.05) is 0 Å². The summed E-state index contributed by atoms with van der Waals surface area (Å²) in [5, 5.41) is 0. The first-order valence-electron chi connectivity index (χ1n) is 5.67. The average Bonchev–Trinajstić information content (AvgIpc) is 2.23. The van der Waals surface area contributed by atoms with Gasteiger partial charge in [-0.05, 0) is 24.8 Å². The molecule has 0 radical (unpaired) electrons. The first-order valence-corrected chi connectivity index (χ1v) is 5.67. The van der Waals surface area contributed by atoms with Gasteiger partial charge < -0.3 is 0 Å². The number of carbonyl (C=O) groups excluding carboxylic acids is 2. The van der Waals surface area contributed by atoms with Crippen molar-refractivity contribution >= 4 is 11.6 Å². The number of Topliss-reactive ketones (excluding diaryl/α,β-unsaturated/α-hetero) is 1. The number of benzene rings is 1. The summed E-state index contributed by atoms with van der Waals surface area (Å²) in [7, 11) is 0. The number of ketones is 2. The zero-order valence-electron chi connectivity index (χ0n) is 8.90. The SMILES string of the molecule is O=C1C=C(C2CCC2)C(=O)c2ccccc21. The fraction of sp³-hybridized carbons (Fsp3) is 0.286. The number of fused-ring (bicyclic) bond motifs is 1. The molecule has 1 saturated carbocycles. The Bertz CT molecular complexity index is 507. The first-order chi connectivity index (χ1) is 7.77. The molecule has 0 amide bonds. The monoisotopic (exact) mass is 212 g/mol. The molecule has 2 aliphatic carbocycles. The Morgan fingerprint density at radius 3 is 2.31 bits per heavy atom. The van der Waals surface area contributed by atoms with Gasteiger partial charge >= 0.3 is 0 Å². The third-order valence-corrected chi connectivity index (χ3v) is 3.53. The molecule has 2 aliphatic rings. The van der Waals surface area contributed by atoms with Gasteiger partial charge in [-0.15, -0.1) is 0 Å². The molecule has 0 spiro atoms. The molecule has 3 rings (SSSR count). The van der Waals surface area contributed by atoms with Crippen LogP contribution in [0.5, 0.6) is 0 Å². The highest BCUT2D eigenvalue weighted by molar-refractivity contribution is 6.24. The van der Waals surface area contributed by atoms with Crippen molar-refractivity contribution in [3.8, 4) is 0 Å². The van der Waals surface area contributed by atoms with Crippen LogP contribution < -0.4 is 0 Å². The second kappa shape index (κ2) is 3.41. The van der Waals surface area contributed by atoms with E-state index in [2.05, 4.69) is 0 Å². The van der Waals surface area contributed by atoms with E-state index in [0.29, 0.717) is 17.0 Å². The van der Waals surface area contributed by atoms with Gasteiger partial charge in [0.15, 0.2) is 11.6 Å². The molecule has 1 aromatic rings. The van der Waals surface area contributed by atoms with Crippen molar-refractivity contribution < 1.29 is 9.59 Å². The number of allylic oxidation sites excluding steroid dienone is 2. The normalized spacial score (nSPS) is 20.1. The highest BCUT2D eigenvalue weighted by Gasteiger charge is 2.32. The predicted molar refractivity (Wildman–Crippen MR) is 60.5 cm³/mol. The highest BCUT2D eigenvalue weighted by atomic mass is 16.1. The zero-order valence-corrected chi connectivity index (χ0v) is 8.90. The minimum Gasteiger partial charge on any atom is -0.289 e. The minimum absolute atomic E-state index is 0.0166. The van der Waals surface area contributed by atoms with E-state index in [0.717, 1.165) is 18.4 Å². The summed E-state index contributed by atoms with van der Waals surface area (Å²) in [5.74, 6) is 0.363. The lowest BCUT2D eigenvalue weighted by molar-refractivity contribution is 0.0966. The summed E-state index contributed by atoms with van der Waals surface area (Å²) in [5.41, 5.74) is 1.86. The van der Waals surface area contributed by atoms with Crippen LogP contribution in [0.4, 0.5) is 0 Å². The van der Waals surface area contributed by atoms with Gasteiger partial charge in [-0.25, -0.2) is 0 Å². The second-order valence-corrected chi connectivity index (χ2v) is 4.47. The summed E-state index contributed by atoms with van der Waals surface area (Å²) < 4.78 is 0. The van der Waals surface area contributed by atoms with Gasteiger partial charge in [0.25, 0.3) is 0 Å². The summed E-state index contributed by atoms with van der Waals surface area (Å²) in [6.07, 6.45) is 4.82. The van der Waals surface area contributed by atoms with E-state index in [-0.39, 0.29) is 11.6 Å². The third-order valence-electron chi connectivity index (χ3n) is 3.53. The average molecular weight is 212 g/mol. The maximum absolute atomic E-state index is 12.2. The van der Waals surface area contributed by atoms with Crippen LogP contribution >= 0.6 is 0 Å². The molecule has 0 bridgehead atoms. The van der Waals surface area contributed by atoms with E-state index in [9.17, 15) is 9.59 Å². The van der Waals surface area contributed by atoms with Crippen molar-refractivity contribution in [3.63, 3.8) is 0 Å². The van der Waals surface area contributed by atoms with Crippen LogP contribution in [-0.2, 0) is 0 Å². The van der Waals surface area contributed by atoms with Crippen LogP contribution in [0.2, 0.25) is 0 Å². The van der Waals surface area contributed by atoms with Crippen LogP contribution in [-0.4, -0.2) is 11.6 Å². The van der Waals surface area contributed by atoms with Crippen LogP contribution in [0.3, 0.4) is 0 Å². The van der Waals surface area contributed by atoms with E-state index < -0.39 is 0 Å². The molecule has 1 aromatic carbocycles. The smallest absolute Gasteiger partial charge is 0.190 e. The van der Waals surface area contributed by atoms with Gasteiger partial charge in [-0.2, -0.15) is 0 Å². The van der Waals surface area contributed by atoms with Crippen LogP contribution in [0.1, 0.15) is 40.0 Å². The number of rotatable bonds is 1. The zero-order chi connectivity index (χ0) is 11.1. The number of carbonyl (C=O) groups is 2. The molecule has 2 heteroatoms. The summed E-state index contributed by atoms with van der Waals surface area (Å²) >= 11 is 0. The Labute approximate surface area is 94.0 Å². The molecule has 2 nitrogen and oxygen atoms in total. The molecular weight excluding hydrogens is 200 g/mol. The maximum atomic E-state index is 12.2. The van der Waals surface area contributed by atoms with E-state index in [1.807, 2.05) is 6.07 Å². The molecule has 80 valence electrons. The molecule has 0 aliphatic heterocycles. The lowest BCUT2D eigenvalue weighted by atomic mass is 9.74. The van der Waals surface area contributed by atoms with Gasteiger partial charge in [0.05, 0.1) is 0 Å². The second-order valence-electron chi connectivity index (χ2n) is 4.47. The van der Waals surface area contributed by atoms with E-state index in [1.165, 1.54) is 6.42 Å². The predicted octanol–water partition coefficient (Wildman–Crippen LogP) is 2.79. The summed E-state index contributed by atoms with van der Waals surface area (Å²) in [6, 6.07) is 7.09. The van der Waals surface area contributed by atoms with Gasteiger partial charge in [0, 0.05) is 16.7 Å².